The van der Waals surface area contributed by atoms with Crippen molar-refractivity contribution >= 4 is 21.1 Å². The zero-order valence-electron chi connectivity index (χ0n) is 16.2. The van der Waals surface area contributed by atoms with Crippen molar-refractivity contribution in [3.05, 3.63) is 59.9 Å². The number of H-pyrrole nitrogens is 1. The highest BCUT2D eigenvalue weighted by molar-refractivity contribution is 7.89. The Morgan fingerprint density at radius 2 is 1.86 bits per heavy atom. The summed E-state index contributed by atoms with van der Waals surface area (Å²) in [5.41, 5.74) is 3.00. The SMILES string of the molecule is O=S(=O)(c1ccc(C2(CO)CC2)cc1)N1CCC(c2c[nH]c3ncccc23)CC1. The lowest BCUT2D eigenvalue weighted by atomic mass is 9.90. The molecule has 6 nitrogen and oxygen atoms in total. The molecule has 0 radical (unpaired) electrons. The van der Waals surface area contributed by atoms with Crippen LogP contribution in [0.25, 0.3) is 11.0 Å². The fourth-order valence-electron chi connectivity index (χ4n) is 4.54. The number of rotatable bonds is 5. The van der Waals surface area contributed by atoms with Gasteiger partial charge in [-0.3, -0.25) is 0 Å². The highest BCUT2D eigenvalue weighted by Crippen LogP contribution is 2.47. The molecule has 2 aliphatic rings. The summed E-state index contributed by atoms with van der Waals surface area (Å²) in [5, 5.41) is 10.7. The van der Waals surface area contributed by atoms with Crippen LogP contribution in [0.15, 0.2) is 53.7 Å². The zero-order chi connectivity index (χ0) is 20.1. The molecule has 152 valence electrons. The van der Waals surface area contributed by atoms with Gasteiger partial charge >= 0.3 is 0 Å². The summed E-state index contributed by atoms with van der Waals surface area (Å²) in [7, 11) is -3.49. The van der Waals surface area contributed by atoms with E-state index in [1.807, 2.05) is 24.4 Å². The molecule has 5 rings (SSSR count). The minimum absolute atomic E-state index is 0.121. The number of fused-ring (bicyclic) bond motifs is 1. The normalized spacial score (nSPS) is 20.2. The standard InChI is InChI=1S/C22H25N3O3S/c26-15-22(9-10-22)17-3-5-18(6-4-17)29(27,28)25-12-7-16(8-13-25)20-14-24-21-19(20)2-1-11-23-21/h1-6,11,14,16,26H,7-10,12-13,15H2,(H,23,24). The highest BCUT2D eigenvalue weighted by atomic mass is 32.2. The third-order valence-corrected chi connectivity index (χ3v) is 8.55. The number of nitrogens with zero attached hydrogens (tertiary/aromatic N) is 2. The maximum atomic E-state index is 13.1. The van der Waals surface area contributed by atoms with Crippen molar-refractivity contribution in [3.8, 4) is 0 Å². The predicted molar refractivity (Wildman–Crippen MR) is 111 cm³/mol. The van der Waals surface area contributed by atoms with Crippen molar-refractivity contribution in [1.82, 2.24) is 14.3 Å². The molecule has 2 aromatic heterocycles. The number of aliphatic hydroxyl groups excluding tert-OH is 1. The Balaban J connectivity index is 1.31. The number of benzene rings is 1. The van der Waals surface area contributed by atoms with E-state index in [0.717, 1.165) is 42.3 Å². The van der Waals surface area contributed by atoms with Crippen LogP contribution in [-0.4, -0.2) is 47.5 Å². The second kappa shape index (κ2) is 6.93. The molecule has 0 bridgehead atoms. The van der Waals surface area contributed by atoms with Gasteiger partial charge in [-0.05, 0) is 67.0 Å². The van der Waals surface area contributed by atoms with Gasteiger partial charge in [0.15, 0.2) is 0 Å². The monoisotopic (exact) mass is 411 g/mol. The van der Waals surface area contributed by atoms with Crippen LogP contribution in [-0.2, 0) is 15.4 Å². The molecule has 7 heteroatoms. The Morgan fingerprint density at radius 1 is 1.14 bits per heavy atom. The number of hydrogen-bond acceptors (Lipinski definition) is 4. The Bertz CT molecular complexity index is 1130. The largest absolute Gasteiger partial charge is 0.395 e. The second-order valence-electron chi connectivity index (χ2n) is 8.28. The molecule has 1 aliphatic heterocycles. The molecule has 2 fully saturated rings. The van der Waals surface area contributed by atoms with Crippen LogP contribution in [0.1, 0.15) is 42.7 Å². The molecule has 2 N–H and O–H groups in total. The number of nitrogens with one attached hydrogen (secondary N) is 1. The Morgan fingerprint density at radius 3 is 2.52 bits per heavy atom. The van der Waals surface area contributed by atoms with Crippen molar-refractivity contribution in [2.24, 2.45) is 0 Å². The van der Waals surface area contributed by atoms with Crippen LogP contribution >= 0.6 is 0 Å². The highest BCUT2D eigenvalue weighted by Gasteiger charge is 2.43. The molecule has 1 saturated carbocycles. The lowest BCUT2D eigenvalue weighted by Gasteiger charge is -2.31. The van der Waals surface area contributed by atoms with E-state index < -0.39 is 10.0 Å². The summed E-state index contributed by atoms with van der Waals surface area (Å²) in [6, 6.07) is 11.1. The summed E-state index contributed by atoms with van der Waals surface area (Å²) in [5.74, 6) is 0.334. The molecular formula is C22H25N3O3S. The van der Waals surface area contributed by atoms with Crippen LogP contribution in [0.4, 0.5) is 0 Å². The minimum atomic E-state index is -3.49. The molecule has 1 aliphatic carbocycles. The first-order valence-electron chi connectivity index (χ1n) is 10.2. The average Bonchev–Trinajstić information content (AvgIpc) is 3.46. The molecule has 3 aromatic rings. The molecule has 0 atom stereocenters. The van der Waals surface area contributed by atoms with E-state index in [9.17, 15) is 13.5 Å². The summed E-state index contributed by atoms with van der Waals surface area (Å²) in [4.78, 5) is 7.90. The lowest BCUT2D eigenvalue weighted by molar-refractivity contribution is 0.255. The molecule has 3 heterocycles. The van der Waals surface area contributed by atoms with E-state index >= 15 is 0 Å². The van der Waals surface area contributed by atoms with Crippen LogP contribution in [0.2, 0.25) is 0 Å². The summed E-state index contributed by atoms with van der Waals surface area (Å²) in [6.07, 6.45) is 7.31. The van der Waals surface area contributed by atoms with Gasteiger partial charge in [-0.1, -0.05) is 12.1 Å². The van der Waals surface area contributed by atoms with Gasteiger partial charge in [0.05, 0.1) is 11.5 Å². The van der Waals surface area contributed by atoms with Gasteiger partial charge < -0.3 is 10.1 Å². The number of aromatic nitrogens is 2. The van der Waals surface area contributed by atoms with E-state index in [4.69, 9.17) is 0 Å². The van der Waals surface area contributed by atoms with Crippen LogP contribution in [0, 0.1) is 0 Å². The van der Waals surface area contributed by atoms with Crippen LogP contribution in [0.3, 0.4) is 0 Å². The fourth-order valence-corrected chi connectivity index (χ4v) is 6.01. The number of pyridine rings is 1. The molecule has 0 unspecified atom stereocenters. The van der Waals surface area contributed by atoms with Crippen LogP contribution < -0.4 is 0 Å². The van der Waals surface area contributed by atoms with Gasteiger partial charge in [0.1, 0.15) is 5.65 Å². The number of aliphatic hydroxyl groups is 1. The average molecular weight is 412 g/mol. The van der Waals surface area contributed by atoms with E-state index in [0.29, 0.717) is 23.9 Å². The van der Waals surface area contributed by atoms with E-state index in [-0.39, 0.29) is 12.0 Å². The van der Waals surface area contributed by atoms with Gasteiger partial charge in [0.25, 0.3) is 0 Å². The van der Waals surface area contributed by atoms with Crippen molar-refractivity contribution in [3.63, 3.8) is 0 Å². The Labute approximate surface area is 170 Å². The van der Waals surface area contributed by atoms with Crippen LogP contribution in [0.5, 0.6) is 0 Å². The maximum Gasteiger partial charge on any atom is 0.243 e. The summed E-state index contributed by atoms with van der Waals surface area (Å²) >= 11 is 0. The summed E-state index contributed by atoms with van der Waals surface area (Å²) < 4.78 is 27.8. The third-order valence-electron chi connectivity index (χ3n) is 6.64. The molecule has 1 aromatic carbocycles. The van der Waals surface area contributed by atoms with Crippen molar-refractivity contribution in [1.29, 1.82) is 0 Å². The Hall–Kier alpha value is -2.22. The number of sulfonamides is 1. The van der Waals surface area contributed by atoms with Gasteiger partial charge in [-0.15, -0.1) is 0 Å². The fraction of sp³-hybridized carbons (Fsp3) is 0.409. The first-order valence-corrected chi connectivity index (χ1v) is 11.6. The van der Waals surface area contributed by atoms with Gasteiger partial charge in [0.2, 0.25) is 10.0 Å². The topological polar surface area (TPSA) is 86.3 Å². The first-order chi connectivity index (χ1) is 14.0. The number of aromatic amines is 1. The summed E-state index contributed by atoms with van der Waals surface area (Å²) in [6.45, 7) is 1.15. The predicted octanol–water partition coefficient (Wildman–Crippen LogP) is 3.16. The first kappa shape index (κ1) is 18.8. The molecule has 0 spiro atoms. The lowest BCUT2D eigenvalue weighted by Crippen LogP contribution is -2.37. The van der Waals surface area contributed by atoms with Gasteiger partial charge in [0, 0.05) is 36.3 Å². The van der Waals surface area contributed by atoms with Crippen molar-refractivity contribution < 1.29 is 13.5 Å². The quantitative estimate of drug-likeness (QED) is 0.675. The second-order valence-corrected chi connectivity index (χ2v) is 10.2. The van der Waals surface area contributed by atoms with E-state index in [1.54, 1.807) is 22.6 Å². The smallest absolute Gasteiger partial charge is 0.243 e. The molecule has 29 heavy (non-hydrogen) atoms. The number of hydrogen-bond donors (Lipinski definition) is 2. The van der Waals surface area contributed by atoms with Gasteiger partial charge in [-0.2, -0.15) is 4.31 Å². The zero-order valence-corrected chi connectivity index (χ0v) is 17.0. The van der Waals surface area contributed by atoms with Crippen molar-refractivity contribution in [2.75, 3.05) is 19.7 Å². The number of piperidine rings is 1. The van der Waals surface area contributed by atoms with E-state index in [1.165, 1.54) is 5.56 Å². The van der Waals surface area contributed by atoms with Crippen molar-refractivity contribution in [2.45, 2.75) is 41.9 Å². The van der Waals surface area contributed by atoms with E-state index in [2.05, 4.69) is 16.0 Å². The Kier molecular flexibility index (Phi) is 4.49. The minimum Gasteiger partial charge on any atom is -0.395 e. The maximum absolute atomic E-state index is 13.1. The third kappa shape index (κ3) is 3.17. The molecule has 1 saturated heterocycles. The molecular weight excluding hydrogens is 386 g/mol. The molecule has 0 amide bonds. The van der Waals surface area contributed by atoms with Gasteiger partial charge in [-0.25, -0.2) is 13.4 Å².